The van der Waals surface area contributed by atoms with E-state index in [0.717, 1.165) is 5.56 Å². The second-order valence-corrected chi connectivity index (χ2v) is 4.11. The van der Waals surface area contributed by atoms with Crippen LogP contribution in [0.3, 0.4) is 0 Å². The van der Waals surface area contributed by atoms with Crippen LogP contribution in [-0.2, 0) is 25.7 Å². The Bertz CT molecular complexity index is 432. The molecule has 0 aromatic heterocycles. The van der Waals surface area contributed by atoms with E-state index in [-0.39, 0.29) is 12.5 Å². The Morgan fingerprint density at radius 2 is 2.11 bits per heavy atom. The van der Waals surface area contributed by atoms with Gasteiger partial charge >= 0.3 is 5.97 Å². The van der Waals surface area contributed by atoms with Gasteiger partial charge in [0.05, 0.1) is 0 Å². The Balaban J connectivity index is 1.84. The van der Waals surface area contributed by atoms with Gasteiger partial charge in [0.15, 0.2) is 0 Å². The Morgan fingerprint density at radius 1 is 1.39 bits per heavy atom. The molecule has 1 fully saturated rings. The molecule has 1 aliphatic rings. The maximum absolute atomic E-state index is 11.7. The molecule has 1 heterocycles. The summed E-state index contributed by atoms with van der Waals surface area (Å²) in [5.74, 6) is -0.689. The molecule has 1 aliphatic heterocycles. The number of carbonyl (C=O) groups is 2. The van der Waals surface area contributed by atoms with E-state index in [9.17, 15) is 9.59 Å². The van der Waals surface area contributed by atoms with E-state index in [4.69, 9.17) is 9.47 Å². The van der Waals surface area contributed by atoms with Gasteiger partial charge in [-0.05, 0) is 5.56 Å². The fourth-order valence-corrected chi connectivity index (χ4v) is 1.83. The van der Waals surface area contributed by atoms with Crippen molar-refractivity contribution in [2.75, 3.05) is 7.11 Å². The van der Waals surface area contributed by atoms with Crippen molar-refractivity contribution in [1.29, 1.82) is 0 Å². The molecule has 18 heavy (non-hydrogen) atoms. The number of ether oxygens (including phenoxy) is 2. The lowest BCUT2D eigenvalue weighted by atomic mass is 10.2. The number of hydrogen-bond donors (Lipinski definition) is 1. The van der Waals surface area contributed by atoms with Gasteiger partial charge in [-0.1, -0.05) is 30.3 Å². The Labute approximate surface area is 105 Å². The third-order valence-electron chi connectivity index (χ3n) is 2.85. The average molecular weight is 249 g/mol. The van der Waals surface area contributed by atoms with Gasteiger partial charge in [0, 0.05) is 13.5 Å². The summed E-state index contributed by atoms with van der Waals surface area (Å²) in [5.41, 5.74) is 0.915. The topological polar surface area (TPSA) is 64.6 Å². The van der Waals surface area contributed by atoms with Crippen LogP contribution in [0.5, 0.6) is 0 Å². The van der Waals surface area contributed by atoms with E-state index >= 15 is 0 Å². The third kappa shape index (κ3) is 2.87. The summed E-state index contributed by atoms with van der Waals surface area (Å²) in [6.07, 6.45) is -0.234. The molecule has 2 rings (SSSR count). The van der Waals surface area contributed by atoms with Gasteiger partial charge in [-0.3, -0.25) is 4.79 Å². The van der Waals surface area contributed by atoms with Crippen molar-refractivity contribution in [2.24, 2.45) is 0 Å². The lowest BCUT2D eigenvalue weighted by Crippen LogP contribution is -2.34. The van der Waals surface area contributed by atoms with Crippen molar-refractivity contribution in [3.05, 3.63) is 35.9 Å². The second-order valence-electron chi connectivity index (χ2n) is 4.11. The number of rotatable bonds is 4. The molecular formula is C13H15NO4. The van der Waals surface area contributed by atoms with E-state index in [1.165, 1.54) is 7.11 Å². The van der Waals surface area contributed by atoms with Gasteiger partial charge in [0.25, 0.3) is 0 Å². The van der Waals surface area contributed by atoms with Crippen molar-refractivity contribution in [2.45, 2.75) is 25.2 Å². The van der Waals surface area contributed by atoms with Gasteiger partial charge in [0.1, 0.15) is 18.8 Å². The highest BCUT2D eigenvalue weighted by Crippen LogP contribution is 2.13. The van der Waals surface area contributed by atoms with Gasteiger partial charge in [-0.25, -0.2) is 4.79 Å². The minimum absolute atomic E-state index is 0.212. The smallest absolute Gasteiger partial charge is 0.329 e. The fourth-order valence-electron chi connectivity index (χ4n) is 1.83. The van der Waals surface area contributed by atoms with Gasteiger partial charge in [-0.2, -0.15) is 0 Å². The fraction of sp³-hybridized carbons (Fsp3) is 0.385. The molecule has 0 bridgehead atoms. The van der Waals surface area contributed by atoms with E-state index in [1.807, 2.05) is 30.3 Å². The molecule has 0 spiro atoms. The second kappa shape index (κ2) is 5.64. The van der Waals surface area contributed by atoms with Crippen LogP contribution in [0, 0.1) is 0 Å². The summed E-state index contributed by atoms with van der Waals surface area (Å²) in [6.45, 7) is 0.212. The summed E-state index contributed by atoms with van der Waals surface area (Å²) in [5, 5.41) is 2.55. The minimum atomic E-state index is -0.605. The van der Waals surface area contributed by atoms with Crippen LogP contribution in [0.2, 0.25) is 0 Å². The summed E-state index contributed by atoms with van der Waals surface area (Å²) < 4.78 is 10.1. The molecule has 5 nitrogen and oxygen atoms in total. The van der Waals surface area contributed by atoms with Crippen molar-refractivity contribution < 1.29 is 19.1 Å². The largest absolute Gasteiger partial charge is 0.459 e. The molecule has 1 saturated heterocycles. The number of methoxy groups -OCH3 is 1. The predicted molar refractivity (Wildman–Crippen MR) is 63.6 cm³/mol. The van der Waals surface area contributed by atoms with Crippen molar-refractivity contribution in [3.8, 4) is 0 Å². The minimum Gasteiger partial charge on any atom is -0.459 e. The summed E-state index contributed by atoms with van der Waals surface area (Å²) in [7, 11) is 1.45. The first kappa shape index (κ1) is 12.6. The normalized spacial score (nSPS) is 22.6. The van der Waals surface area contributed by atoms with E-state index in [1.54, 1.807) is 0 Å². The first-order valence-electron chi connectivity index (χ1n) is 5.74. The lowest BCUT2D eigenvalue weighted by Gasteiger charge is -2.09. The monoisotopic (exact) mass is 249 g/mol. The molecule has 2 atom stereocenters. The van der Waals surface area contributed by atoms with Gasteiger partial charge in [-0.15, -0.1) is 0 Å². The molecular weight excluding hydrogens is 234 g/mol. The Hall–Kier alpha value is -1.88. The zero-order valence-corrected chi connectivity index (χ0v) is 10.1. The zero-order valence-electron chi connectivity index (χ0n) is 10.1. The number of nitrogens with one attached hydrogen (secondary N) is 1. The number of benzene rings is 1. The van der Waals surface area contributed by atoms with Crippen molar-refractivity contribution in [3.63, 3.8) is 0 Å². The summed E-state index contributed by atoms with van der Waals surface area (Å²) in [6, 6.07) is 8.79. The van der Waals surface area contributed by atoms with Crippen LogP contribution in [-0.4, -0.2) is 31.1 Å². The molecule has 0 saturated carbocycles. The molecule has 1 aromatic carbocycles. The van der Waals surface area contributed by atoms with Crippen molar-refractivity contribution in [1.82, 2.24) is 5.32 Å². The number of amides is 1. The van der Waals surface area contributed by atoms with Crippen LogP contribution < -0.4 is 5.32 Å². The highest BCUT2D eigenvalue weighted by atomic mass is 16.5. The molecule has 0 unspecified atom stereocenters. The zero-order chi connectivity index (χ0) is 13.0. The van der Waals surface area contributed by atoms with Crippen LogP contribution >= 0.6 is 0 Å². The van der Waals surface area contributed by atoms with Crippen LogP contribution in [0.1, 0.15) is 12.0 Å². The average Bonchev–Trinajstić information content (AvgIpc) is 2.78. The van der Waals surface area contributed by atoms with Gasteiger partial charge < -0.3 is 14.8 Å². The van der Waals surface area contributed by atoms with Crippen molar-refractivity contribution >= 4 is 11.9 Å². The lowest BCUT2D eigenvalue weighted by molar-refractivity contribution is -0.147. The molecule has 1 N–H and O–H groups in total. The maximum Gasteiger partial charge on any atom is 0.329 e. The number of carbonyl (C=O) groups excluding carboxylic acids is 2. The van der Waals surface area contributed by atoms with Crippen LogP contribution in [0.15, 0.2) is 30.3 Å². The predicted octanol–water partition coefficient (Wildman–Crippen LogP) is 0.633. The number of hydrogen-bond acceptors (Lipinski definition) is 4. The maximum atomic E-state index is 11.7. The summed E-state index contributed by atoms with van der Waals surface area (Å²) in [4.78, 5) is 23.1. The molecule has 96 valence electrons. The molecule has 5 heteroatoms. The van der Waals surface area contributed by atoms with E-state index in [2.05, 4.69) is 5.32 Å². The first-order valence-corrected chi connectivity index (χ1v) is 5.74. The molecule has 0 radical (unpaired) electrons. The standard InChI is InChI=1S/C13H15NO4/c1-17-11-7-10(14-12(11)15)13(16)18-8-9-5-3-2-4-6-9/h2-6,10-11H,7-8H2,1H3,(H,14,15)/t10-,11-/m0/s1. The molecule has 1 aromatic rings. The molecule has 1 amide bonds. The SMILES string of the molecule is CO[C@H]1C[C@@H](C(=O)OCc2ccccc2)NC1=O. The third-order valence-corrected chi connectivity index (χ3v) is 2.85. The Morgan fingerprint density at radius 3 is 2.72 bits per heavy atom. The number of esters is 1. The van der Waals surface area contributed by atoms with E-state index < -0.39 is 18.1 Å². The van der Waals surface area contributed by atoms with Crippen LogP contribution in [0.4, 0.5) is 0 Å². The summed E-state index contributed by atoms with van der Waals surface area (Å²) >= 11 is 0. The van der Waals surface area contributed by atoms with E-state index in [0.29, 0.717) is 6.42 Å². The van der Waals surface area contributed by atoms with Crippen LogP contribution in [0.25, 0.3) is 0 Å². The molecule has 0 aliphatic carbocycles. The van der Waals surface area contributed by atoms with Gasteiger partial charge in [0.2, 0.25) is 5.91 Å². The first-order chi connectivity index (χ1) is 8.70. The quantitative estimate of drug-likeness (QED) is 0.795. The highest BCUT2D eigenvalue weighted by molar-refractivity contribution is 5.91. The highest BCUT2D eigenvalue weighted by Gasteiger charge is 2.36. The Kier molecular flexibility index (Phi) is 3.94.